The number of rotatable bonds is 7. The molecule has 1 aromatic rings. The highest BCUT2D eigenvalue weighted by molar-refractivity contribution is 5.97. The summed E-state index contributed by atoms with van der Waals surface area (Å²) in [5.41, 5.74) is 5.03. The topological polar surface area (TPSA) is 78.7 Å². The van der Waals surface area contributed by atoms with Crippen LogP contribution in [0.25, 0.3) is 0 Å². The second kappa shape index (κ2) is 9.68. The number of hydrogen-bond acceptors (Lipinski definition) is 4. The van der Waals surface area contributed by atoms with Gasteiger partial charge < -0.3 is 20.9 Å². The van der Waals surface area contributed by atoms with E-state index in [9.17, 15) is 22.8 Å². The fourth-order valence-electron chi connectivity index (χ4n) is 4.02. The second-order valence-electron chi connectivity index (χ2n) is 8.17. The molecule has 0 bridgehead atoms. The van der Waals surface area contributed by atoms with Crippen LogP contribution in [0.4, 0.5) is 18.9 Å². The Morgan fingerprint density at radius 2 is 1.67 bits per heavy atom. The van der Waals surface area contributed by atoms with Gasteiger partial charge in [-0.15, -0.1) is 0 Å². The molecule has 0 unspecified atom stereocenters. The van der Waals surface area contributed by atoms with Crippen LogP contribution in [-0.2, 0) is 11.0 Å². The maximum Gasteiger partial charge on any atom is 0.416 e. The minimum atomic E-state index is -4.58. The molecule has 2 amide bonds. The van der Waals surface area contributed by atoms with Gasteiger partial charge in [-0.05, 0) is 64.4 Å². The molecular formula is C21H31F3N4O2. The summed E-state index contributed by atoms with van der Waals surface area (Å²) in [6.07, 6.45) is -0.967. The fourth-order valence-corrected chi connectivity index (χ4v) is 4.02. The van der Waals surface area contributed by atoms with E-state index in [2.05, 4.69) is 10.2 Å². The van der Waals surface area contributed by atoms with Gasteiger partial charge in [0.25, 0.3) is 5.91 Å². The molecule has 1 aliphatic carbocycles. The van der Waals surface area contributed by atoms with E-state index in [1.54, 1.807) is 14.0 Å². The molecule has 0 saturated heterocycles. The maximum absolute atomic E-state index is 13.5. The molecule has 0 aliphatic heterocycles. The molecule has 0 radical (unpaired) electrons. The number of nitrogens with one attached hydrogen (secondary N) is 1. The van der Waals surface area contributed by atoms with Crippen molar-refractivity contribution in [3.63, 3.8) is 0 Å². The smallest absolute Gasteiger partial charge is 0.371 e. The van der Waals surface area contributed by atoms with Crippen LogP contribution in [0.15, 0.2) is 12.1 Å². The molecule has 1 fully saturated rings. The first-order chi connectivity index (χ1) is 13.9. The Balaban J connectivity index is 2.31. The molecule has 3 N–H and O–H groups in total. The summed E-state index contributed by atoms with van der Waals surface area (Å²) < 4.78 is 40.6. The van der Waals surface area contributed by atoms with Gasteiger partial charge in [0.15, 0.2) is 0 Å². The molecule has 168 valence electrons. The number of carbonyl (C=O) groups is 2. The minimum Gasteiger partial charge on any atom is -0.371 e. The van der Waals surface area contributed by atoms with Crippen molar-refractivity contribution in [3.8, 4) is 0 Å². The first-order valence-corrected chi connectivity index (χ1v) is 10.1. The molecule has 1 aliphatic rings. The minimum absolute atomic E-state index is 0.0242. The van der Waals surface area contributed by atoms with Gasteiger partial charge in [0, 0.05) is 43.3 Å². The van der Waals surface area contributed by atoms with Crippen molar-refractivity contribution < 1.29 is 22.8 Å². The highest BCUT2D eigenvalue weighted by Crippen LogP contribution is 2.37. The molecule has 0 aromatic heterocycles. The zero-order valence-electron chi connectivity index (χ0n) is 18.0. The zero-order chi connectivity index (χ0) is 22.6. The van der Waals surface area contributed by atoms with Crippen LogP contribution in [0, 0.1) is 6.92 Å². The number of hydrogen-bond donors (Lipinski definition) is 2. The number of halogens is 3. The maximum atomic E-state index is 13.5. The van der Waals surface area contributed by atoms with Gasteiger partial charge in [-0.3, -0.25) is 9.59 Å². The molecule has 30 heavy (non-hydrogen) atoms. The van der Waals surface area contributed by atoms with E-state index < -0.39 is 23.6 Å². The molecule has 1 aromatic carbocycles. The van der Waals surface area contributed by atoms with Crippen molar-refractivity contribution in [2.45, 2.75) is 57.3 Å². The van der Waals surface area contributed by atoms with Crippen molar-refractivity contribution >= 4 is 17.5 Å². The summed E-state index contributed by atoms with van der Waals surface area (Å²) in [6, 6.07) is 2.57. The highest BCUT2D eigenvalue weighted by atomic mass is 19.4. The molecule has 0 atom stereocenters. The van der Waals surface area contributed by atoms with E-state index in [0.717, 1.165) is 37.8 Å². The number of carbonyl (C=O) groups excluding carboxylic acids is 2. The Labute approximate surface area is 175 Å². The largest absolute Gasteiger partial charge is 0.416 e. The lowest BCUT2D eigenvalue weighted by atomic mass is 9.89. The van der Waals surface area contributed by atoms with Crippen molar-refractivity contribution in [1.29, 1.82) is 0 Å². The first kappa shape index (κ1) is 24.0. The SMILES string of the molecule is Cc1c(C(=O)NCCC(N)=O)cc(C(F)(F)F)cc1N(C)C1CCC(N(C)C)CC1. The van der Waals surface area contributed by atoms with Crippen LogP contribution in [0.2, 0.25) is 0 Å². The summed E-state index contributed by atoms with van der Waals surface area (Å²) in [5.74, 6) is -1.24. The van der Waals surface area contributed by atoms with Crippen LogP contribution in [0.5, 0.6) is 0 Å². The number of alkyl halides is 3. The number of anilines is 1. The van der Waals surface area contributed by atoms with Gasteiger partial charge >= 0.3 is 6.18 Å². The molecule has 1 saturated carbocycles. The lowest BCUT2D eigenvalue weighted by molar-refractivity contribution is -0.137. The number of amides is 2. The second-order valence-corrected chi connectivity index (χ2v) is 8.17. The van der Waals surface area contributed by atoms with Gasteiger partial charge in [-0.2, -0.15) is 13.2 Å². The van der Waals surface area contributed by atoms with Crippen LogP contribution in [-0.4, -0.2) is 56.5 Å². The number of primary amides is 1. The predicted octanol–water partition coefficient (Wildman–Crippen LogP) is 2.93. The van der Waals surface area contributed by atoms with Crippen LogP contribution < -0.4 is 16.0 Å². The highest BCUT2D eigenvalue weighted by Gasteiger charge is 2.34. The van der Waals surface area contributed by atoms with E-state index in [0.29, 0.717) is 17.3 Å². The quantitative estimate of drug-likeness (QED) is 0.700. The average molecular weight is 428 g/mol. The van der Waals surface area contributed by atoms with E-state index in [4.69, 9.17) is 5.73 Å². The number of nitrogens with zero attached hydrogens (tertiary/aromatic N) is 2. The van der Waals surface area contributed by atoms with Crippen molar-refractivity contribution in [2.75, 3.05) is 32.6 Å². The Bertz CT molecular complexity index is 772. The number of nitrogens with two attached hydrogens (primary N) is 1. The first-order valence-electron chi connectivity index (χ1n) is 10.1. The molecule has 2 rings (SSSR count). The van der Waals surface area contributed by atoms with E-state index in [-0.39, 0.29) is 24.6 Å². The molecule has 0 heterocycles. The van der Waals surface area contributed by atoms with Crippen LogP contribution >= 0.6 is 0 Å². The molecule has 9 heteroatoms. The summed E-state index contributed by atoms with van der Waals surface area (Å²) in [5, 5.41) is 2.48. The monoisotopic (exact) mass is 428 g/mol. The number of benzene rings is 1. The van der Waals surface area contributed by atoms with Gasteiger partial charge in [-0.25, -0.2) is 0 Å². The van der Waals surface area contributed by atoms with Crippen LogP contribution in [0.3, 0.4) is 0 Å². The van der Waals surface area contributed by atoms with Gasteiger partial charge in [0.2, 0.25) is 5.91 Å². The fraction of sp³-hybridized carbons (Fsp3) is 0.619. The molecule has 0 spiro atoms. The van der Waals surface area contributed by atoms with Gasteiger partial charge in [0.1, 0.15) is 0 Å². The summed E-state index contributed by atoms with van der Waals surface area (Å²) >= 11 is 0. The predicted molar refractivity (Wildman–Crippen MR) is 110 cm³/mol. The van der Waals surface area contributed by atoms with E-state index in [1.807, 2.05) is 19.0 Å². The Kier molecular flexibility index (Phi) is 7.74. The van der Waals surface area contributed by atoms with Crippen molar-refractivity contribution in [3.05, 3.63) is 28.8 Å². The van der Waals surface area contributed by atoms with Gasteiger partial charge in [0.05, 0.1) is 5.56 Å². The normalized spacial score (nSPS) is 19.6. The lowest BCUT2D eigenvalue weighted by Gasteiger charge is -2.39. The zero-order valence-corrected chi connectivity index (χ0v) is 18.0. The average Bonchev–Trinajstić information content (AvgIpc) is 2.66. The van der Waals surface area contributed by atoms with E-state index >= 15 is 0 Å². The Morgan fingerprint density at radius 1 is 1.10 bits per heavy atom. The van der Waals surface area contributed by atoms with E-state index in [1.165, 1.54) is 0 Å². The van der Waals surface area contributed by atoms with Gasteiger partial charge in [-0.1, -0.05) is 0 Å². The van der Waals surface area contributed by atoms with Crippen molar-refractivity contribution in [1.82, 2.24) is 10.2 Å². The van der Waals surface area contributed by atoms with Crippen LogP contribution in [0.1, 0.15) is 53.6 Å². The third-order valence-electron chi connectivity index (χ3n) is 5.93. The third-order valence-corrected chi connectivity index (χ3v) is 5.93. The summed E-state index contributed by atoms with van der Waals surface area (Å²) in [4.78, 5) is 27.5. The Hall–Kier alpha value is -2.29. The lowest BCUT2D eigenvalue weighted by Crippen LogP contribution is -2.41. The third kappa shape index (κ3) is 5.87. The molecule has 6 nitrogen and oxygen atoms in total. The summed E-state index contributed by atoms with van der Waals surface area (Å²) in [7, 11) is 5.86. The summed E-state index contributed by atoms with van der Waals surface area (Å²) in [6.45, 7) is 1.63. The standard InChI is InChI=1S/C21H31F3N4O2/c1-13-17(20(30)26-10-9-19(25)29)11-14(21(22,23)24)12-18(13)28(4)16-7-5-15(6-8-16)27(2)3/h11-12,15-16H,5-10H2,1-4H3,(H2,25,29)(H,26,30). The Morgan fingerprint density at radius 3 is 2.17 bits per heavy atom. The molecular weight excluding hydrogens is 397 g/mol. The van der Waals surface area contributed by atoms with Crippen molar-refractivity contribution in [2.24, 2.45) is 5.73 Å².